The normalized spacial score (nSPS) is 22.7. The third-order valence-electron chi connectivity index (χ3n) is 4.29. The summed E-state index contributed by atoms with van der Waals surface area (Å²) in [6, 6.07) is 10.0. The van der Waals surface area contributed by atoms with Crippen molar-refractivity contribution < 1.29 is 19.0 Å². The van der Waals surface area contributed by atoms with Gasteiger partial charge in [0.15, 0.2) is 0 Å². The van der Waals surface area contributed by atoms with Crippen molar-refractivity contribution in [3.63, 3.8) is 0 Å². The van der Waals surface area contributed by atoms with Crippen LogP contribution in [0.25, 0.3) is 0 Å². The highest BCUT2D eigenvalue weighted by Gasteiger charge is 2.42. The van der Waals surface area contributed by atoms with Crippen LogP contribution in [0, 0.1) is 5.41 Å². The van der Waals surface area contributed by atoms with Crippen LogP contribution in [0.1, 0.15) is 18.4 Å². The summed E-state index contributed by atoms with van der Waals surface area (Å²) in [6.45, 7) is 1.17. The maximum Gasteiger partial charge on any atom is 0.223 e. The van der Waals surface area contributed by atoms with E-state index in [1.54, 1.807) is 26.1 Å². The van der Waals surface area contributed by atoms with Gasteiger partial charge in [0.1, 0.15) is 6.79 Å². The monoisotopic (exact) mass is 333 g/mol. The van der Waals surface area contributed by atoms with Gasteiger partial charge in [-0.05, 0) is 12.0 Å². The molecular weight excluding hydrogens is 306 g/mol. The quantitative estimate of drug-likeness (QED) is 0.515. The van der Waals surface area contributed by atoms with Crippen molar-refractivity contribution in [2.24, 2.45) is 5.41 Å². The zero-order chi connectivity index (χ0) is 17.4. The summed E-state index contributed by atoms with van der Waals surface area (Å²) in [4.78, 5) is 13.9. The van der Waals surface area contributed by atoms with Gasteiger partial charge in [0.05, 0.1) is 19.3 Å². The largest absolute Gasteiger partial charge is 0.376 e. The molecule has 1 aliphatic carbocycles. The Bertz CT molecular complexity index is 544. The number of hydrogen-bond donors (Lipinski definition) is 0. The van der Waals surface area contributed by atoms with Crippen LogP contribution in [0.15, 0.2) is 42.5 Å². The lowest BCUT2D eigenvalue weighted by Gasteiger charge is -2.34. The minimum Gasteiger partial charge on any atom is -0.376 e. The van der Waals surface area contributed by atoms with Gasteiger partial charge in [-0.15, -0.1) is 0 Å². The first-order valence-electron chi connectivity index (χ1n) is 8.17. The first kappa shape index (κ1) is 18.6. The number of ether oxygens (including phenoxy) is 3. The molecule has 1 aliphatic rings. The highest BCUT2D eigenvalue weighted by atomic mass is 16.7. The summed E-state index contributed by atoms with van der Waals surface area (Å²) in [6.07, 6.45) is 5.14. The van der Waals surface area contributed by atoms with Crippen LogP contribution in [0.4, 0.5) is 0 Å². The molecule has 24 heavy (non-hydrogen) atoms. The smallest absolute Gasteiger partial charge is 0.223 e. The Labute approximate surface area is 144 Å². The van der Waals surface area contributed by atoms with E-state index >= 15 is 0 Å². The standard InChI is InChI=1S/C19H27NO4/c1-20(2)18(21)12-19(11-7-10-17(19)24-15-22-3)14-23-13-16-8-5-4-6-9-16/h4-9,11,17H,10,12-15H2,1-3H3/t17-,19+/m1/s1. The fraction of sp³-hybridized carbons (Fsp3) is 0.526. The molecule has 0 fully saturated rings. The molecule has 0 radical (unpaired) electrons. The third kappa shape index (κ3) is 4.90. The van der Waals surface area contributed by atoms with Crippen molar-refractivity contribution in [1.29, 1.82) is 0 Å². The van der Waals surface area contributed by atoms with E-state index in [1.807, 2.05) is 30.3 Å². The van der Waals surface area contributed by atoms with E-state index < -0.39 is 5.41 Å². The maximum absolute atomic E-state index is 12.3. The number of benzene rings is 1. The van der Waals surface area contributed by atoms with Crippen molar-refractivity contribution in [2.45, 2.75) is 25.6 Å². The van der Waals surface area contributed by atoms with Crippen molar-refractivity contribution >= 4 is 5.91 Å². The number of rotatable bonds is 9. The van der Waals surface area contributed by atoms with E-state index in [9.17, 15) is 4.79 Å². The molecule has 1 aromatic rings. The Kier molecular flexibility index (Phi) is 6.97. The molecule has 132 valence electrons. The van der Waals surface area contributed by atoms with Crippen LogP contribution in [-0.2, 0) is 25.6 Å². The van der Waals surface area contributed by atoms with Crippen molar-refractivity contribution in [3.8, 4) is 0 Å². The predicted molar refractivity (Wildman–Crippen MR) is 92.3 cm³/mol. The van der Waals surface area contributed by atoms with Gasteiger partial charge in [-0.3, -0.25) is 4.79 Å². The fourth-order valence-electron chi connectivity index (χ4n) is 2.89. The second-order valence-electron chi connectivity index (χ2n) is 6.38. The predicted octanol–water partition coefficient (Wildman–Crippen LogP) is 2.62. The summed E-state index contributed by atoms with van der Waals surface area (Å²) in [5.74, 6) is 0.0656. The number of carbonyl (C=O) groups excluding carboxylic acids is 1. The molecule has 1 aromatic carbocycles. The lowest BCUT2D eigenvalue weighted by Crippen LogP contribution is -2.41. The van der Waals surface area contributed by atoms with Crippen molar-refractivity contribution in [3.05, 3.63) is 48.0 Å². The minimum atomic E-state index is -0.450. The number of nitrogens with zero attached hydrogens (tertiary/aromatic N) is 1. The maximum atomic E-state index is 12.3. The summed E-state index contributed by atoms with van der Waals surface area (Å²) >= 11 is 0. The Hall–Kier alpha value is -1.69. The Balaban J connectivity index is 2.04. The molecule has 0 heterocycles. The molecule has 5 nitrogen and oxygen atoms in total. The molecule has 2 rings (SSSR count). The number of amides is 1. The average Bonchev–Trinajstić information content (AvgIpc) is 2.96. The summed E-state index contributed by atoms with van der Waals surface area (Å²) in [5.41, 5.74) is 0.664. The topological polar surface area (TPSA) is 48.0 Å². The molecule has 0 saturated carbocycles. The van der Waals surface area contributed by atoms with E-state index in [0.29, 0.717) is 19.6 Å². The highest BCUT2D eigenvalue weighted by Crippen LogP contribution is 2.39. The number of carbonyl (C=O) groups is 1. The van der Waals surface area contributed by atoms with E-state index in [-0.39, 0.29) is 18.8 Å². The molecule has 0 bridgehead atoms. The van der Waals surface area contributed by atoms with E-state index in [1.165, 1.54) is 0 Å². The Morgan fingerprint density at radius 3 is 2.71 bits per heavy atom. The fourth-order valence-corrected chi connectivity index (χ4v) is 2.89. The SMILES string of the molecule is COCO[C@@H]1CC=C[C@@]1(COCc1ccccc1)CC(=O)N(C)C. The van der Waals surface area contributed by atoms with Gasteiger partial charge in [-0.1, -0.05) is 42.5 Å². The van der Waals surface area contributed by atoms with Gasteiger partial charge in [0, 0.05) is 33.0 Å². The van der Waals surface area contributed by atoms with Crippen molar-refractivity contribution in [2.75, 3.05) is 34.6 Å². The average molecular weight is 333 g/mol. The molecule has 0 aliphatic heterocycles. The molecule has 0 spiro atoms. The van der Waals surface area contributed by atoms with E-state index in [2.05, 4.69) is 12.2 Å². The Morgan fingerprint density at radius 1 is 1.29 bits per heavy atom. The van der Waals surface area contributed by atoms with Crippen LogP contribution in [0.3, 0.4) is 0 Å². The minimum absolute atomic E-state index is 0.0656. The van der Waals surface area contributed by atoms with Gasteiger partial charge in [0.2, 0.25) is 5.91 Å². The lowest BCUT2D eigenvalue weighted by molar-refractivity contribution is -0.143. The molecule has 0 aromatic heterocycles. The lowest BCUT2D eigenvalue weighted by atomic mass is 9.81. The second kappa shape index (κ2) is 8.97. The molecule has 0 saturated heterocycles. The molecule has 1 amide bonds. The van der Waals surface area contributed by atoms with Gasteiger partial charge in [0.25, 0.3) is 0 Å². The van der Waals surface area contributed by atoms with Gasteiger partial charge in [-0.25, -0.2) is 0 Å². The Morgan fingerprint density at radius 2 is 2.04 bits per heavy atom. The number of methoxy groups -OCH3 is 1. The van der Waals surface area contributed by atoms with Crippen LogP contribution in [0.5, 0.6) is 0 Å². The first-order valence-corrected chi connectivity index (χ1v) is 8.17. The van der Waals surface area contributed by atoms with Crippen LogP contribution in [-0.4, -0.2) is 51.5 Å². The van der Waals surface area contributed by atoms with E-state index in [4.69, 9.17) is 14.2 Å². The number of hydrogen-bond acceptors (Lipinski definition) is 4. The van der Waals surface area contributed by atoms with E-state index in [0.717, 1.165) is 12.0 Å². The van der Waals surface area contributed by atoms with Gasteiger partial charge >= 0.3 is 0 Å². The molecule has 0 N–H and O–H groups in total. The van der Waals surface area contributed by atoms with Crippen LogP contribution < -0.4 is 0 Å². The third-order valence-corrected chi connectivity index (χ3v) is 4.29. The zero-order valence-corrected chi connectivity index (χ0v) is 14.7. The molecule has 2 atom stereocenters. The first-order chi connectivity index (χ1) is 11.6. The molecule has 0 unspecified atom stereocenters. The summed E-state index contributed by atoms with van der Waals surface area (Å²) in [7, 11) is 5.13. The van der Waals surface area contributed by atoms with Crippen molar-refractivity contribution in [1.82, 2.24) is 4.90 Å². The summed E-state index contributed by atoms with van der Waals surface area (Å²) in [5, 5.41) is 0. The second-order valence-corrected chi connectivity index (χ2v) is 6.38. The molecule has 5 heteroatoms. The zero-order valence-electron chi connectivity index (χ0n) is 14.7. The molecular formula is C19H27NO4. The van der Waals surface area contributed by atoms with Gasteiger partial charge < -0.3 is 19.1 Å². The van der Waals surface area contributed by atoms with Crippen LogP contribution in [0.2, 0.25) is 0 Å². The van der Waals surface area contributed by atoms with Gasteiger partial charge in [-0.2, -0.15) is 0 Å². The van der Waals surface area contributed by atoms with Crippen LogP contribution >= 0.6 is 0 Å². The summed E-state index contributed by atoms with van der Waals surface area (Å²) < 4.78 is 16.8. The highest BCUT2D eigenvalue weighted by molar-refractivity contribution is 5.77.